The van der Waals surface area contributed by atoms with Crippen LogP contribution in [-0.4, -0.2) is 19.9 Å². The highest BCUT2D eigenvalue weighted by Gasteiger charge is 2.07. The van der Waals surface area contributed by atoms with E-state index < -0.39 is 0 Å². The van der Waals surface area contributed by atoms with E-state index in [2.05, 4.69) is 25.3 Å². The average Bonchev–Trinajstić information content (AvgIpc) is 3.08. The molecule has 5 heteroatoms. The second kappa shape index (κ2) is 3.84. The Bertz CT molecular complexity index is 786. The van der Waals surface area contributed by atoms with Gasteiger partial charge in [0, 0.05) is 29.0 Å². The van der Waals surface area contributed by atoms with Gasteiger partial charge in [0.2, 0.25) is 0 Å². The van der Waals surface area contributed by atoms with Crippen LogP contribution in [0.25, 0.3) is 21.9 Å². The predicted octanol–water partition coefficient (Wildman–Crippen LogP) is 3.18. The zero-order valence-corrected chi connectivity index (χ0v) is 10.0. The lowest BCUT2D eigenvalue weighted by Crippen LogP contribution is -1.95. The minimum atomic E-state index is 0.806. The Kier molecular flexibility index (Phi) is 2.05. The number of nitrogens with zero attached hydrogens (tertiary/aromatic N) is 2. The molecule has 5 nitrogen and oxygen atoms in total. The smallest absolute Gasteiger partial charge is 0.143 e. The molecule has 0 fully saturated rings. The van der Waals surface area contributed by atoms with E-state index in [0.717, 1.165) is 33.4 Å². The van der Waals surface area contributed by atoms with Gasteiger partial charge in [-0.05, 0) is 24.3 Å². The third kappa shape index (κ3) is 1.55. The summed E-state index contributed by atoms with van der Waals surface area (Å²) in [4.78, 5) is 14.8. The summed E-state index contributed by atoms with van der Waals surface area (Å²) in [7, 11) is 0. The molecule has 0 saturated carbocycles. The van der Waals surface area contributed by atoms with Gasteiger partial charge in [0.15, 0.2) is 0 Å². The van der Waals surface area contributed by atoms with Crippen molar-refractivity contribution in [2.45, 2.75) is 0 Å². The standard InChI is InChI=1S/C14H11N5/c1-2-11-9(4-6-15-11)12(3-1)19-14-10-5-7-16-13(10)17-8-18-14/h1-8,15H,(H2,16,17,18,19). The molecule has 0 aliphatic rings. The summed E-state index contributed by atoms with van der Waals surface area (Å²) in [5, 5.41) is 5.50. The Hall–Kier alpha value is -2.82. The molecule has 3 aromatic heterocycles. The van der Waals surface area contributed by atoms with E-state index >= 15 is 0 Å². The number of rotatable bonds is 2. The Balaban J connectivity index is 1.86. The van der Waals surface area contributed by atoms with Crippen LogP contribution in [0.4, 0.5) is 11.5 Å². The molecule has 4 aromatic rings. The van der Waals surface area contributed by atoms with Gasteiger partial charge in [-0.1, -0.05) is 6.07 Å². The molecular formula is C14H11N5. The van der Waals surface area contributed by atoms with Crippen LogP contribution in [0.1, 0.15) is 0 Å². The minimum absolute atomic E-state index is 0.806. The normalized spacial score (nSPS) is 11.2. The lowest BCUT2D eigenvalue weighted by atomic mass is 10.2. The van der Waals surface area contributed by atoms with Crippen molar-refractivity contribution in [1.29, 1.82) is 0 Å². The first-order chi connectivity index (χ1) is 9.42. The molecule has 0 atom stereocenters. The number of hydrogen-bond donors (Lipinski definition) is 3. The van der Waals surface area contributed by atoms with Gasteiger partial charge in [0.05, 0.1) is 5.39 Å². The van der Waals surface area contributed by atoms with Gasteiger partial charge in [0.1, 0.15) is 17.8 Å². The van der Waals surface area contributed by atoms with Crippen LogP contribution in [0.15, 0.2) is 49.1 Å². The molecule has 0 unspecified atom stereocenters. The first kappa shape index (κ1) is 10.1. The largest absolute Gasteiger partial charge is 0.361 e. The minimum Gasteiger partial charge on any atom is -0.361 e. The molecule has 0 aliphatic heterocycles. The number of aromatic amines is 2. The monoisotopic (exact) mass is 249 g/mol. The Morgan fingerprint density at radius 2 is 1.79 bits per heavy atom. The van der Waals surface area contributed by atoms with Crippen LogP contribution in [-0.2, 0) is 0 Å². The maximum absolute atomic E-state index is 4.31. The fraction of sp³-hybridized carbons (Fsp3) is 0. The fourth-order valence-electron chi connectivity index (χ4n) is 2.29. The van der Waals surface area contributed by atoms with Crippen molar-refractivity contribution in [3.8, 4) is 0 Å². The summed E-state index contributed by atoms with van der Waals surface area (Å²) in [6, 6.07) is 10.1. The Labute approximate surface area is 108 Å². The zero-order valence-electron chi connectivity index (χ0n) is 10.0. The maximum Gasteiger partial charge on any atom is 0.143 e. The Morgan fingerprint density at radius 1 is 0.895 bits per heavy atom. The summed E-state index contributed by atoms with van der Waals surface area (Å²) < 4.78 is 0. The molecule has 3 heterocycles. The molecule has 0 saturated heterocycles. The van der Waals surface area contributed by atoms with Crippen molar-refractivity contribution in [3.63, 3.8) is 0 Å². The number of aromatic nitrogens is 4. The number of nitrogens with one attached hydrogen (secondary N) is 3. The highest BCUT2D eigenvalue weighted by Crippen LogP contribution is 2.27. The SMILES string of the molecule is c1cc(Nc2ncnc3[nH]ccc23)c2cc[nH]c2c1. The van der Waals surface area contributed by atoms with E-state index in [4.69, 9.17) is 0 Å². The van der Waals surface area contributed by atoms with Gasteiger partial charge >= 0.3 is 0 Å². The summed E-state index contributed by atoms with van der Waals surface area (Å²) in [6.45, 7) is 0. The third-order valence-electron chi connectivity index (χ3n) is 3.20. The molecule has 0 spiro atoms. The van der Waals surface area contributed by atoms with Gasteiger partial charge < -0.3 is 15.3 Å². The fourth-order valence-corrected chi connectivity index (χ4v) is 2.29. The molecule has 0 amide bonds. The second-order valence-corrected chi connectivity index (χ2v) is 4.33. The lowest BCUT2D eigenvalue weighted by Gasteiger charge is -2.07. The molecule has 0 bridgehead atoms. The van der Waals surface area contributed by atoms with Gasteiger partial charge in [-0.15, -0.1) is 0 Å². The second-order valence-electron chi connectivity index (χ2n) is 4.33. The predicted molar refractivity (Wildman–Crippen MR) is 75.5 cm³/mol. The quantitative estimate of drug-likeness (QED) is 0.511. The topological polar surface area (TPSA) is 69.4 Å². The van der Waals surface area contributed by atoms with Gasteiger partial charge in [-0.2, -0.15) is 0 Å². The summed E-state index contributed by atoms with van der Waals surface area (Å²) in [5.41, 5.74) is 2.96. The molecule has 92 valence electrons. The van der Waals surface area contributed by atoms with E-state index in [9.17, 15) is 0 Å². The van der Waals surface area contributed by atoms with Crippen molar-refractivity contribution >= 4 is 33.4 Å². The number of benzene rings is 1. The van der Waals surface area contributed by atoms with Gasteiger partial charge in [0.25, 0.3) is 0 Å². The lowest BCUT2D eigenvalue weighted by molar-refractivity contribution is 1.20. The highest BCUT2D eigenvalue weighted by atomic mass is 15.0. The zero-order chi connectivity index (χ0) is 12.7. The van der Waals surface area contributed by atoms with Gasteiger partial charge in [-0.3, -0.25) is 0 Å². The van der Waals surface area contributed by atoms with Crippen LogP contribution in [0.2, 0.25) is 0 Å². The van der Waals surface area contributed by atoms with Crippen LogP contribution in [0.3, 0.4) is 0 Å². The maximum atomic E-state index is 4.31. The van der Waals surface area contributed by atoms with E-state index in [-0.39, 0.29) is 0 Å². The summed E-state index contributed by atoms with van der Waals surface area (Å²) >= 11 is 0. The van der Waals surface area contributed by atoms with Crippen LogP contribution in [0.5, 0.6) is 0 Å². The highest BCUT2D eigenvalue weighted by molar-refractivity contribution is 5.96. The van der Waals surface area contributed by atoms with Crippen molar-refractivity contribution < 1.29 is 0 Å². The molecule has 3 N–H and O–H groups in total. The molecular weight excluding hydrogens is 238 g/mol. The number of fused-ring (bicyclic) bond motifs is 2. The third-order valence-corrected chi connectivity index (χ3v) is 3.20. The first-order valence-corrected chi connectivity index (χ1v) is 6.03. The molecule has 19 heavy (non-hydrogen) atoms. The number of hydrogen-bond acceptors (Lipinski definition) is 3. The van der Waals surface area contributed by atoms with E-state index in [0.29, 0.717) is 0 Å². The van der Waals surface area contributed by atoms with E-state index in [1.165, 1.54) is 0 Å². The van der Waals surface area contributed by atoms with Crippen molar-refractivity contribution in [2.75, 3.05) is 5.32 Å². The molecule has 0 radical (unpaired) electrons. The number of anilines is 2. The Morgan fingerprint density at radius 3 is 2.79 bits per heavy atom. The molecule has 0 aliphatic carbocycles. The number of H-pyrrole nitrogens is 2. The summed E-state index contributed by atoms with van der Waals surface area (Å²) in [6.07, 6.45) is 5.35. The first-order valence-electron chi connectivity index (χ1n) is 6.03. The molecule has 1 aromatic carbocycles. The van der Waals surface area contributed by atoms with Crippen molar-refractivity contribution in [3.05, 3.63) is 49.1 Å². The van der Waals surface area contributed by atoms with Crippen LogP contribution < -0.4 is 5.32 Å². The summed E-state index contributed by atoms with van der Waals surface area (Å²) in [5.74, 6) is 0.806. The van der Waals surface area contributed by atoms with E-state index in [1.54, 1.807) is 6.33 Å². The van der Waals surface area contributed by atoms with Crippen LogP contribution >= 0.6 is 0 Å². The van der Waals surface area contributed by atoms with Crippen molar-refractivity contribution in [2.24, 2.45) is 0 Å². The van der Waals surface area contributed by atoms with E-state index in [1.807, 2.05) is 42.7 Å². The van der Waals surface area contributed by atoms with Crippen molar-refractivity contribution in [1.82, 2.24) is 19.9 Å². The van der Waals surface area contributed by atoms with Gasteiger partial charge in [-0.25, -0.2) is 9.97 Å². The van der Waals surface area contributed by atoms with Crippen LogP contribution in [0, 0.1) is 0 Å². The average molecular weight is 249 g/mol. The molecule has 4 rings (SSSR count).